The second-order valence-corrected chi connectivity index (χ2v) is 20.6. The number of allylic oxidation sites excluding steroid dienone is 16. The molecule has 0 bridgehead atoms. The molecule has 0 aromatic heterocycles. The molecule has 0 aliphatic heterocycles. The van der Waals surface area contributed by atoms with Gasteiger partial charge in [0.25, 0.3) is 0 Å². The standard InChI is InChI=1S/C68H116O6/c1-4-7-10-13-16-19-22-25-28-31-34-37-40-43-46-49-52-55-58-61-67(70)73-64-65(63-72-66(69)60-57-54-51-48-45-42-39-36-33-30-27-24-21-18-15-12-9-6-3)74-68(71)62-59-56-53-50-47-44-41-38-35-32-29-26-23-20-17-14-11-8-5-2/h7-8,10-11,16-17,19-20,25-26,28-29,34-35,37-38,65H,4-6,9,12-15,18,21-24,27,30-33,36,39-64H2,1-3H3/b10-7-,11-8-,19-16-,20-17-,28-25-,29-26-,37-34-,38-35-. The summed E-state index contributed by atoms with van der Waals surface area (Å²) in [4.78, 5) is 38.3. The van der Waals surface area contributed by atoms with Crippen molar-refractivity contribution in [2.75, 3.05) is 13.2 Å². The number of unbranched alkanes of at least 4 members (excludes halogenated alkanes) is 29. The molecule has 0 amide bonds. The molecule has 1 unspecified atom stereocenters. The Morgan fingerprint density at radius 1 is 0.284 bits per heavy atom. The van der Waals surface area contributed by atoms with Crippen molar-refractivity contribution in [2.24, 2.45) is 0 Å². The largest absolute Gasteiger partial charge is 0.462 e. The molecule has 6 heteroatoms. The van der Waals surface area contributed by atoms with Crippen LogP contribution >= 0.6 is 0 Å². The van der Waals surface area contributed by atoms with Crippen LogP contribution in [0.4, 0.5) is 0 Å². The Bertz CT molecular complexity index is 1460. The summed E-state index contributed by atoms with van der Waals surface area (Å²) in [5.74, 6) is -0.904. The van der Waals surface area contributed by atoms with Crippen LogP contribution < -0.4 is 0 Å². The quantitative estimate of drug-likeness (QED) is 0.0261. The van der Waals surface area contributed by atoms with Crippen LogP contribution in [0.3, 0.4) is 0 Å². The van der Waals surface area contributed by atoms with Gasteiger partial charge >= 0.3 is 17.9 Å². The van der Waals surface area contributed by atoms with Crippen LogP contribution in [0, 0.1) is 0 Å². The first kappa shape index (κ1) is 70.3. The Balaban J connectivity index is 4.43. The number of rotatable bonds is 56. The Kier molecular flexibility index (Phi) is 58.8. The van der Waals surface area contributed by atoms with Crippen molar-refractivity contribution in [2.45, 2.75) is 303 Å². The zero-order chi connectivity index (χ0) is 53.6. The lowest BCUT2D eigenvalue weighted by Gasteiger charge is -2.18. The first-order valence-corrected chi connectivity index (χ1v) is 31.2. The summed E-state index contributed by atoms with van der Waals surface area (Å²) in [7, 11) is 0. The smallest absolute Gasteiger partial charge is 0.306 e. The van der Waals surface area contributed by atoms with Gasteiger partial charge in [-0.15, -0.1) is 0 Å². The van der Waals surface area contributed by atoms with E-state index in [4.69, 9.17) is 14.2 Å². The zero-order valence-corrected chi connectivity index (χ0v) is 48.6. The highest BCUT2D eigenvalue weighted by molar-refractivity contribution is 5.71. The van der Waals surface area contributed by atoms with E-state index in [2.05, 4.69) is 118 Å². The fourth-order valence-corrected chi connectivity index (χ4v) is 8.72. The van der Waals surface area contributed by atoms with E-state index in [1.54, 1.807) is 0 Å². The van der Waals surface area contributed by atoms with Crippen molar-refractivity contribution in [3.05, 3.63) is 97.2 Å². The number of carbonyl (C=O) groups is 3. The second kappa shape index (κ2) is 61.9. The van der Waals surface area contributed by atoms with E-state index in [0.29, 0.717) is 19.3 Å². The van der Waals surface area contributed by atoms with Gasteiger partial charge in [0.2, 0.25) is 0 Å². The van der Waals surface area contributed by atoms with Gasteiger partial charge in [-0.2, -0.15) is 0 Å². The van der Waals surface area contributed by atoms with Gasteiger partial charge in [-0.1, -0.05) is 279 Å². The first-order chi connectivity index (χ1) is 36.5. The number of esters is 3. The average Bonchev–Trinajstić information content (AvgIpc) is 3.40. The molecule has 0 fully saturated rings. The van der Waals surface area contributed by atoms with E-state index in [1.165, 1.54) is 122 Å². The minimum Gasteiger partial charge on any atom is -0.462 e. The van der Waals surface area contributed by atoms with Gasteiger partial charge < -0.3 is 14.2 Å². The van der Waals surface area contributed by atoms with Crippen molar-refractivity contribution in [1.82, 2.24) is 0 Å². The fourth-order valence-electron chi connectivity index (χ4n) is 8.72. The van der Waals surface area contributed by atoms with Crippen molar-refractivity contribution in [3.63, 3.8) is 0 Å². The molecule has 6 nitrogen and oxygen atoms in total. The van der Waals surface area contributed by atoms with Gasteiger partial charge in [0.1, 0.15) is 13.2 Å². The number of hydrogen-bond donors (Lipinski definition) is 0. The fraction of sp³-hybridized carbons (Fsp3) is 0.721. The van der Waals surface area contributed by atoms with Gasteiger partial charge in [0.15, 0.2) is 6.10 Å². The molecule has 1 atom stereocenters. The predicted molar refractivity (Wildman–Crippen MR) is 320 cm³/mol. The third-order valence-electron chi connectivity index (χ3n) is 13.3. The van der Waals surface area contributed by atoms with Crippen LogP contribution in [0.25, 0.3) is 0 Å². The van der Waals surface area contributed by atoms with E-state index in [1.807, 2.05) is 0 Å². The van der Waals surface area contributed by atoms with Gasteiger partial charge in [-0.3, -0.25) is 14.4 Å². The topological polar surface area (TPSA) is 78.9 Å². The predicted octanol–water partition coefficient (Wildman–Crippen LogP) is 21.3. The molecule has 0 saturated carbocycles. The number of ether oxygens (including phenoxy) is 3. The lowest BCUT2D eigenvalue weighted by molar-refractivity contribution is -0.167. The van der Waals surface area contributed by atoms with Crippen molar-refractivity contribution < 1.29 is 28.6 Å². The maximum atomic E-state index is 12.9. The minimum atomic E-state index is -0.792. The van der Waals surface area contributed by atoms with Gasteiger partial charge in [-0.05, 0) is 96.3 Å². The zero-order valence-electron chi connectivity index (χ0n) is 48.6. The van der Waals surface area contributed by atoms with Crippen molar-refractivity contribution in [3.8, 4) is 0 Å². The van der Waals surface area contributed by atoms with Gasteiger partial charge in [0.05, 0.1) is 0 Å². The Labute approximate surface area is 457 Å². The summed E-state index contributed by atoms with van der Waals surface area (Å²) in [5.41, 5.74) is 0. The monoisotopic (exact) mass is 1030 g/mol. The normalized spacial score (nSPS) is 12.7. The summed E-state index contributed by atoms with van der Waals surface area (Å²) in [6.45, 7) is 6.42. The highest BCUT2D eigenvalue weighted by atomic mass is 16.6. The van der Waals surface area contributed by atoms with Crippen molar-refractivity contribution >= 4 is 17.9 Å². The maximum Gasteiger partial charge on any atom is 0.306 e. The third-order valence-corrected chi connectivity index (χ3v) is 13.3. The maximum absolute atomic E-state index is 12.9. The molecule has 74 heavy (non-hydrogen) atoms. The minimum absolute atomic E-state index is 0.0862. The summed E-state index contributed by atoms with van der Waals surface area (Å²) < 4.78 is 16.9. The Morgan fingerprint density at radius 2 is 0.527 bits per heavy atom. The van der Waals surface area contributed by atoms with Crippen LogP contribution in [0.5, 0.6) is 0 Å². The molecule has 0 saturated heterocycles. The number of carbonyl (C=O) groups excluding carboxylic acids is 3. The van der Waals surface area contributed by atoms with Crippen LogP contribution in [0.1, 0.15) is 297 Å². The van der Waals surface area contributed by atoms with Crippen LogP contribution in [0.15, 0.2) is 97.2 Å². The summed E-state index contributed by atoms with van der Waals surface area (Å²) in [5, 5.41) is 0. The summed E-state index contributed by atoms with van der Waals surface area (Å²) in [6, 6.07) is 0. The third kappa shape index (κ3) is 59.2. The van der Waals surface area contributed by atoms with E-state index < -0.39 is 6.10 Å². The summed E-state index contributed by atoms with van der Waals surface area (Å²) >= 11 is 0. The van der Waals surface area contributed by atoms with Crippen LogP contribution in [-0.4, -0.2) is 37.2 Å². The highest BCUT2D eigenvalue weighted by Crippen LogP contribution is 2.16. The molecule has 0 spiro atoms. The van der Waals surface area contributed by atoms with Crippen molar-refractivity contribution in [1.29, 1.82) is 0 Å². The molecule has 0 aliphatic rings. The Hall–Kier alpha value is -3.67. The molecule has 424 valence electrons. The van der Waals surface area contributed by atoms with E-state index in [0.717, 1.165) is 135 Å². The number of hydrogen-bond acceptors (Lipinski definition) is 6. The van der Waals surface area contributed by atoms with Crippen LogP contribution in [-0.2, 0) is 28.6 Å². The molecule has 0 radical (unpaired) electrons. The van der Waals surface area contributed by atoms with Crippen LogP contribution in [0.2, 0.25) is 0 Å². The molecule has 0 aromatic rings. The molecular weight excluding hydrogens is 913 g/mol. The highest BCUT2D eigenvalue weighted by Gasteiger charge is 2.19. The Morgan fingerprint density at radius 3 is 0.824 bits per heavy atom. The average molecular weight is 1030 g/mol. The molecular formula is C68H116O6. The van der Waals surface area contributed by atoms with E-state index in [9.17, 15) is 14.4 Å². The lowest BCUT2D eigenvalue weighted by Crippen LogP contribution is -2.30. The SMILES string of the molecule is CC/C=C\C/C=C\C/C=C\C/C=C\CCCCCCCCC(=O)OCC(COC(=O)CCCCCCCCCCCCCCCCCCCC)OC(=O)CCCCCCCC/C=C\C/C=C\C/C=C\C/C=C\CC. The first-order valence-electron chi connectivity index (χ1n) is 31.2. The molecule has 0 heterocycles. The molecule has 0 aliphatic carbocycles. The molecule has 0 N–H and O–H groups in total. The molecule has 0 rings (SSSR count). The lowest BCUT2D eigenvalue weighted by atomic mass is 10.0. The second-order valence-electron chi connectivity index (χ2n) is 20.6. The van der Waals surface area contributed by atoms with Gasteiger partial charge in [-0.25, -0.2) is 0 Å². The van der Waals surface area contributed by atoms with E-state index >= 15 is 0 Å². The summed E-state index contributed by atoms with van der Waals surface area (Å²) in [6.07, 6.45) is 82.6. The van der Waals surface area contributed by atoms with Gasteiger partial charge in [0, 0.05) is 19.3 Å². The van der Waals surface area contributed by atoms with E-state index in [-0.39, 0.29) is 31.1 Å². The molecule has 0 aromatic carbocycles.